The Balaban J connectivity index is 1.67. The molecule has 0 unspecified atom stereocenters. The Morgan fingerprint density at radius 2 is 2.00 bits per heavy atom. The summed E-state index contributed by atoms with van der Waals surface area (Å²) in [6.45, 7) is 0.0989. The summed E-state index contributed by atoms with van der Waals surface area (Å²) in [6, 6.07) is 14.1. The van der Waals surface area contributed by atoms with Gasteiger partial charge in [0.05, 0.1) is 23.7 Å². The second kappa shape index (κ2) is 7.32. The highest BCUT2D eigenvalue weighted by Gasteiger charge is 2.12. The molecule has 0 spiro atoms. The lowest BCUT2D eigenvalue weighted by Gasteiger charge is -2.09. The first kappa shape index (κ1) is 18.0. The van der Waals surface area contributed by atoms with Crippen molar-refractivity contribution in [3.8, 4) is 0 Å². The van der Waals surface area contributed by atoms with Gasteiger partial charge in [-0.05, 0) is 35.9 Å². The van der Waals surface area contributed by atoms with Crippen LogP contribution in [0.4, 0.5) is 0 Å². The SMILES string of the molecule is Cn1ccc(Sc2ccc3c(=O)n(Cc4ccccc4C(=O)O)ncc3c2)n1. The summed E-state index contributed by atoms with van der Waals surface area (Å²) in [6.07, 6.45) is 3.50. The van der Waals surface area contributed by atoms with Crippen molar-refractivity contribution in [2.75, 3.05) is 0 Å². The van der Waals surface area contributed by atoms with E-state index in [4.69, 9.17) is 0 Å². The monoisotopic (exact) mass is 392 g/mol. The van der Waals surface area contributed by atoms with Gasteiger partial charge >= 0.3 is 5.97 Å². The number of nitrogens with zero attached hydrogens (tertiary/aromatic N) is 4. The molecule has 0 saturated heterocycles. The van der Waals surface area contributed by atoms with Crippen LogP contribution in [0.25, 0.3) is 10.8 Å². The first-order valence-corrected chi connectivity index (χ1v) is 9.31. The third kappa shape index (κ3) is 3.54. The van der Waals surface area contributed by atoms with Gasteiger partial charge in [-0.15, -0.1) is 0 Å². The molecule has 4 aromatic rings. The Morgan fingerprint density at radius 1 is 1.18 bits per heavy atom. The molecule has 0 aliphatic heterocycles. The Kier molecular flexibility index (Phi) is 4.70. The van der Waals surface area contributed by atoms with E-state index in [1.54, 1.807) is 35.1 Å². The van der Waals surface area contributed by atoms with Crippen LogP contribution >= 0.6 is 11.8 Å². The lowest BCUT2D eigenvalue weighted by Crippen LogP contribution is -2.24. The standard InChI is InChI=1S/C20H16N4O3S/c1-23-9-8-18(22-23)28-15-6-7-16-14(10-15)11-21-24(19(16)25)12-13-4-2-3-5-17(13)20(26)27/h2-11H,12H2,1H3,(H,26,27). The zero-order valence-electron chi connectivity index (χ0n) is 14.9. The molecule has 28 heavy (non-hydrogen) atoms. The van der Waals surface area contributed by atoms with Gasteiger partial charge in [-0.25, -0.2) is 9.48 Å². The van der Waals surface area contributed by atoms with Crippen molar-refractivity contribution in [2.45, 2.75) is 16.5 Å². The van der Waals surface area contributed by atoms with Crippen LogP contribution in [0.1, 0.15) is 15.9 Å². The molecule has 0 radical (unpaired) electrons. The van der Waals surface area contributed by atoms with Gasteiger partial charge in [0, 0.05) is 23.5 Å². The van der Waals surface area contributed by atoms with Gasteiger partial charge in [-0.2, -0.15) is 10.2 Å². The van der Waals surface area contributed by atoms with Gasteiger partial charge in [-0.3, -0.25) is 9.48 Å². The molecule has 0 amide bonds. The molecule has 0 aliphatic rings. The zero-order chi connectivity index (χ0) is 19.7. The van der Waals surface area contributed by atoms with E-state index in [-0.39, 0.29) is 17.7 Å². The summed E-state index contributed by atoms with van der Waals surface area (Å²) in [7, 11) is 1.86. The van der Waals surface area contributed by atoms with Crippen LogP contribution in [0.5, 0.6) is 0 Å². The van der Waals surface area contributed by atoms with E-state index < -0.39 is 5.97 Å². The first-order chi connectivity index (χ1) is 13.5. The molecule has 2 aromatic heterocycles. The molecule has 0 aliphatic carbocycles. The molecule has 0 atom stereocenters. The largest absolute Gasteiger partial charge is 0.478 e. The molecule has 1 N–H and O–H groups in total. The van der Waals surface area contributed by atoms with Crippen molar-refractivity contribution in [3.05, 3.63) is 82.4 Å². The van der Waals surface area contributed by atoms with Crippen LogP contribution in [-0.2, 0) is 13.6 Å². The predicted octanol–water partition coefficient (Wildman–Crippen LogP) is 3.03. The number of carbonyl (C=O) groups is 1. The van der Waals surface area contributed by atoms with E-state index in [1.165, 1.54) is 22.5 Å². The Bertz CT molecular complexity index is 1250. The Labute approximate surface area is 164 Å². The molecule has 4 rings (SSSR count). The number of hydrogen-bond donors (Lipinski definition) is 1. The summed E-state index contributed by atoms with van der Waals surface area (Å²) in [5.74, 6) is -1.03. The van der Waals surface area contributed by atoms with Crippen LogP contribution in [0.3, 0.4) is 0 Å². The Morgan fingerprint density at radius 3 is 2.75 bits per heavy atom. The molecule has 2 heterocycles. The fourth-order valence-corrected chi connectivity index (χ4v) is 3.80. The van der Waals surface area contributed by atoms with Crippen LogP contribution in [0.2, 0.25) is 0 Å². The quantitative estimate of drug-likeness (QED) is 0.561. The number of rotatable bonds is 5. The smallest absolute Gasteiger partial charge is 0.336 e. The highest BCUT2D eigenvalue weighted by Crippen LogP contribution is 2.27. The molecule has 0 fully saturated rings. The van der Waals surface area contributed by atoms with Gasteiger partial charge in [0.2, 0.25) is 0 Å². The van der Waals surface area contributed by atoms with E-state index in [1.807, 2.05) is 31.4 Å². The number of aromatic nitrogens is 4. The number of benzene rings is 2. The maximum absolute atomic E-state index is 12.8. The van der Waals surface area contributed by atoms with Gasteiger partial charge in [-0.1, -0.05) is 30.0 Å². The fraction of sp³-hybridized carbons (Fsp3) is 0.100. The first-order valence-electron chi connectivity index (χ1n) is 8.50. The third-order valence-electron chi connectivity index (χ3n) is 4.30. The number of carboxylic acids is 1. The molecule has 0 bridgehead atoms. The van der Waals surface area contributed by atoms with E-state index in [9.17, 15) is 14.7 Å². The van der Waals surface area contributed by atoms with Crippen LogP contribution in [-0.4, -0.2) is 30.6 Å². The minimum Gasteiger partial charge on any atom is -0.478 e. The molecule has 2 aromatic carbocycles. The van der Waals surface area contributed by atoms with Gasteiger partial charge in [0.25, 0.3) is 5.56 Å². The third-order valence-corrected chi connectivity index (χ3v) is 5.22. The molecular weight excluding hydrogens is 376 g/mol. The van der Waals surface area contributed by atoms with E-state index in [0.29, 0.717) is 10.9 Å². The highest BCUT2D eigenvalue weighted by atomic mass is 32.2. The number of fused-ring (bicyclic) bond motifs is 1. The molecule has 0 saturated carbocycles. The number of carboxylic acid groups (broad SMARTS) is 1. The van der Waals surface area contributed by atoms with Crippen LogP contribution in [0, 0.1) is 0 Å². The molecule has 7 nitrogen and oxygen atoms in total. The number of hydrogen-bond acceptors (Lipinski definition) is 5. The summed E-state index contributed by atoms with van der Waals surface area (Å²) in [5, 5.41) is 20.0. The van der Waals surface area contributed by atoms with Crippen molar-refractivity contribution in [3.63, 3.8) is 0 Å². The second-order valence-electron chi connectivity index (χ2n) is 6.25. The zero-order valence-corrected chi connectivity index (χ0v) is 15.8. The van der Waals surface area contributed by atoms with E-state index in [2.05, 4.69) is 10.2 Å². The van der Waals surface area contributed by atoms with E-state index in [0.717, 1.165) is 15.3 Å². The van der Waals surface area contributed by atoms with Gasteiger partial charge in [0.15, 0.2) is 0 Å². The van der Waals surface area contributed by atoms with Gasteiger partial charge in [0.1, 0.15) is 5.03 Å². The van der Waals surface area contributed by atoms with Crippen molar-refractivity contribution in [1.82, 2.24) is 19.6 Å². The summed E-state index contributed by atoms with van der Waals surface area (Å²) >= 11 is 1.51. The van der Waals surface area contributed by atoms with Crippen molar-refractivity contribution in [2.24, 2.45) is 7.05 Å². The van der Waals surface area contributed by atoms with Gasteiger partial charge < -0.3 is 5.11 Å². The number of aryl methyl sites for hydroxylation is 1. The Hall–Kier alpha value is -3.39. The van der Waals surface area contributed by atoms with Crippen LogP contribution in [0.15, 0.2) is 75.6 Å². The minimum atomic E-state index is -1.03. The average Bonchev–Trinajstić information content (AvgIpc) is 3.09. The normalized spacial score (nSPS) is 11.0. The van der Waals surface area contributed by atoms with Crippen molar-refractivity contribution in [1.29, 1.82) is 0 Å². The van der Waals surface area contributed by atoms with Crippen LogP contribution < -0.4 is 5.56 Å². The molecule has 140 valence electrons. The second-order valence-corrected chi connectivity index (χ2v) is 7.34. The molecular formula is C20H16N4O3S. The summed E-state index contributed by atoms with van der Waals surface area (Å²) in [4.78, 5) is 25.2. The lowest BCUT2D eigenvalue weighted by atomic mass is 10.1. The topological polar surface area (TPSA) is 90.0 Å². The molecule has 8 heteroatoms. The highest BCUT2D eigenvalue weighted by molar-refractivity contribution is 7.99. The lowest BCUT2D eigenvalue weighted by molar-refractivity contribution is 0.0695. The predicted molar refractivity (Wildman–Crippen MR) is 106 cm³/mol. The fourth-order valence-electron chi connectivity index (χ4n) is 2.94. The average molecular weight is 392 g/mol. The number of aromatic carboxylic acids is 1. The maximum Gasteiger partial charge on any atom is 0.336 e. The summed E-state index contributed by atoms with van der Waals surface area (Å²) in [5.41, 5.74) is 0.441. The minimum absolute atomic E-state index is 0.0989. The van der Waals surface area contributed by atoms with Crippen molar-refractivity contribution >= 4 is 28.5 Å². The van der Waals surface area contributed by atoms with E-state index >= 15 is 0 Å². The maximum atomic E-state index is 12.8. The van der Waals surface area contributed by atoms with Crippen molar-refractivity contribution < 1.29 is 9.90 Å². The summed E-state index contributed by atoms with van der Waals surface area (Å²) < 4.78 is 3.02.